The Morgan fingerprint density at radius 2 is 0.925 bits per heavy atom. The third-order valence-electron chi connectivity index (χ3n) is 10.4. The van der Waals surface area contributed by atoms with Crippen LogP contribution < -0.4 is 0 Å². The van der Waals surface area contributed by atoms with Crippen LogP contribution in [0.25, 0.3) is 16.9 Å². The topological polar surface area (TPSA) is 65.8 Å². The molecule has 0 radical (unpaired) electrons. The van der Waals surface area contributed by atoms with E-state index in [1.54, 1.807) is 5.56 Å². The number of aryl methyl sites for hydroxylation is 4. The molecule has 3 rings (SSSR count). The molecule has 1 aliphatic heterocycles. The molecule has 0 bridgehead atoms. The minimum Gasteiger partial charge on any atom is -0.493 e. The van der Waals surface area contributed by atoms with Crippen molar-refractivity contribution < 1.29 is 31.4 Å². The number of benzene rings is 2. The molecule has 0 amide bonds. The van der Waals surface area contributed by atoms with E-state index in [1.165, 1.54) is 127 Å². The Balaban J connectivity index is 0.00000217. The van der Waals surface area contributed by atoms with Gasteiger partial charge in [-0.25, -0.2) is 4.70 Å². The average Bonchev–Trinajstić information content (AvgIpc) is 3.46. The molecule has 0 saturated heterocycles. The van der Waals surface area contributed by atoms with Crippen molar-refractivity contribution in [1.82, 2.24) is 0 Å². The average molecular weight is 776 g/mol. The first kappa shape index (κ1) is 50.9. The molecular weight excluding hydrogens is 695 g/mol. The second-order valence-corrected chi connectivity index (χ2v) is 15.1. The van der Waals surface area contributed by atoms with Crippen molar-refractivity contribution in [2.45, 2.75) is 197 Å². The van der Waals surface area contributed by atoms with Crippen LogP contribution in [-0.4, -0.2) is 28.1 Å². The van der Waals surface area contributed by atoms with E-state index >= 15 is 0 Å². The molecule has 0 unspecified atom stereocenters. The van der Waals surface area contributed by atoms with Gasteiger partial charge in [0.15, 0.2) is 0 Å². The van der Waals surface area contributed by atoms with Crippen molar-refractivity contribution in [3.05, 3.63) is 86.0 Å². The zero-order valence-electron chi connectivity index (χ0n) is 35.8. The second kappa shape index (κ2) is 31.2. The fourth-order valence-corrected chi connectivity index (χ4v) is 6.88. The Kier molecular flexibility index (Phi) is 30.0. The summed E-state index contributed by atoms with van der Waals surface area (Å²) >= 11 is 0. The number of nitrogens with zero attached hydrogens (tertiary/aromatic N) is 2. The molecule has 0 fully saturated rings. The quantitative estimate of drug-likeness (QED) is 0.0671. The molecular formula is C48H80N2NiO2. The number of hydrogen-bond donors (Lipinski definition) is 2. The predicted molar refractivity (Wildman–Crippen MR) is 228 cm³/mol. The maximum Gasteiger partial charge on any atom is 0.210 e. The first-order valence-electron chi connectivity index (χ1n) is 21.6. The summed E-state index contributed by atoms with van der Waals surface area (Å²) in [5.41, 5.74) is 26.1. The van der Waals surface area contributed by atoms with Crippen LogP contribution in [0.5, 0.6) is 0 Å². The summed E-state index contributed by atoms with van der Waals surface area (Å²) < 4.78 is 1.54. The van der Waals surface area contributed by atoms with E-state index in [9.17, 15) is 5.53 Å². The van der Waals surface area contributed by atoms with Gasteiger partial charge in [-0.1, -0.05) is 112 Å². The molecule has 2 aromatic carbocycles. The van der Waals surface area contributed by atoms with Gasteiger partial charge in [0, 0.05) is 52.5 Å². The summed E-state index contributed by atoms with van der Waals surface area (Å²) in [6.07, 6.45) is 27.1. The molecule has 0 atom stereocenters. The van der Waals surface area contributed by atoms with E-state index < -0.39 is 0 Å². The fourth-order valence-electron chi connectivity index (χ4n) is 6.88. The Hall–Kier alpha value is -2.07. The van der Waals surface area contributed by atoms with Crippen molar-refractivity contribution in [1.29, 1.82) is 0 Å². The van der Waals surface area contributed by atoms with Gasteiger partial charge in [0.25, 0.3) is 0 Å². The van der Waals surface area contributed by atoms with Crippen LogP contribution in [0.2, 0.25) is 0 Å². The van der Waals surface area contributed by atoms with Gasteiger partial charge in [0.05, 0.1) is 0 Å². The standard InChI is InChI=1S/C40H60N2.2C4H10O.Ni/c1-8-12-16-20-23-35-29-39(42(41)40(35)37-25-30(5)32(7)31(6)26-37)36-27-33(21-17-13-9-2)38(24-19-15-11-4)34(28-36)22-18-14-10-3;2*1-2-3-4-5;/h25-29H,8-24H2,1-7H3;2*5H,2-4H2,1H3;. The van der Waals surface area contributed by atoms with Crippen LogP contribution in [0.4, 0.5) is 0 Å². The van der Waals surface area contributed by atoms with E-state index in [1.807, 2.05) is 0 Å². The van der Waals surface area contributed by atoms with Gasteiger partial charge in [0.2, 0.25) is 11.4 Å². The van der Waals surface area contributed by atoms with Crippen molar-refractivity contribution in [3.63, 3.8) is 0 Å². The SMILES string of the molecule is CCCCCCC1=C(c2cc(C)c(C)c(C)c2)[N+](=[N-])C(c2cc(CCCCC)c(CCCCC)c(CCCCC)c2)=C1.CCCCO.CCCCO.[Ni]. The van der Waals surface area contributed by atoms with Crippen LogP contribution in [0.15, 0.2) is 35.9 Å². The van der Waals surface area contributed by atoms with Gasteiger partial charge < -0.3 is 15.7 Å². The van der Waals surface area contributed by atoms with E-state index in [0.717, 1.165) is 68.3 Å². The van der Waals surface area contributed by atoms with Crippen LogP contribution in [0.3, 0.4) is 0 Å². The maximum absolute atomic E-state index is 11.9. The Labute approximate surface area is 337 Å². The normalized spacial score (nSPS) is 12.2. The number of rotatable bonds is 23. The number of aliphatic hydroxyl groups excluding tert-OH is 2. The zero-order chi connectivity index (χ0) is 38.7. The third kappa shape index (κ3) is 18.4. The molecule has 4 nitrogen and oxygen atoms in total. The monoisotopic (exact) mass is 775 g/mol. The minimum absolute atomic E-state index is 0. The summed E-state index contributed by atoms with van der Waals surface area (Å²) in [7, 11) is 0. The van der Waals surface area contributed by atoms with E-state index in [-0.39, 0.29) is 16.5 Å². The fraction of sp³-hybridized carbons (Fsp3) is 0.667. The maximum atomic E-state index is 11.9. The Morgan fingerprint density at radius 3 is 1.34 bits per heavy atom. The van der Waals surface area contributed by atoms with Gasteiger partial charge in [-0.15, -0.1) is 0 Å². The summed E-state index contributed by atoms with van der Waals surface area (Å²) in [6, 6.07) is 9.43. The van der Waals surface area contributed by atoms with Gasteiger partial charge >= 0.3 is 0 Å². The largest absolute Gasteiger partial charge is 0.493 e. The van der Waals surface area contributed by atoms with E-state index in [0.29, 0.717) is 13.2 Å². The van der Waals surface area contributed by atoms with Crippen molar-refractivity contribution >= 4 is 11.4 Å². The summed E-state index contributed by atoms with van der Waals surface area (Å²) in [4.78, 5) is 0. The van der Waals surface area contributed by atoms with Gasteiger partial charge in [-0.2, -0.15) is 0 Å². The summed E-state index contributed by atoms with van der Waals surface area (Å²) in [6.45, 7) is 20.6. The molecule has 5 heteroatoms. The molecule has 1 aliphatic rings. The third-order valence-corrected chi connectivity index (χ3v) is 10.4. The summed E-state index contributed by atoms with van der Waals surface area (Å²) in [5, 5.41) is 16.1. The van der Waals surface area contributed by atoms with E-state index in [4.69, 9.17) is 10.2 Å². The predicted octanol–water partition coefficient (Wildman–Crippen LogP) is 14.1. The number of allylic oxidation sites excluding steroid dienone is 2. The van der Waals surface area contributed by atoms with Crippen LogP contribution in [0, 0.1) is 20.8 Å². The van der Waals surface area contributed by atoms with Crippen LogP contribution >= 0.6 is 0 Å². The Morgan fingerprint density at radius 1 is 0.509 bits per heavy atom. The van der Waals surface area contributed by atoms with Gasteiger partial charge in [-0.05, 0) is 143 Å². The van der Waals surface area contributed by atoms with Crippen LogP contribution in [0.1, 0.15) is 202 Å². The second-order valence-electron chi connectivity index (χ2n) is 15.1. The zero-order valence-corrected chi connectivity index (χ0v) is 36.7. The smallest absolute Gasteiger partial charge is 0.210 e. The molecule has 304 valence electrons. The number of aliphatic hydroxyl groups is 2. The molecule has 2 N–H and O–H groups in total. The molecule has 0 aliphatic carbocycles. The van der Waals surface area contributed by atoms with Crippen LogP contribution in [-0.2, 0) is 35.8 Å². The van der Waals surface area contributed by atoms with Gasteiger partial charge in [0.1, 0.15) is 0 Å². The molecule has 0 aromatic heterocycles. The van der Waals surface area contributed by atoms with Gasteiger partial charge in [-0.3, -0.25) is 0 Å². The first-order valence-corrected chi connectivity index (χ1v) is 21.6. The van der Waals surface area contributed by atoms with Crippen molar-refractivity contribution in [2.75, 3.05) is 13.2 Å². The molecule has 2 aromatic rings. The number of hydrogen-bond acceptors (Lipinski definition) is 2. The van der Waals surface area contributed by atoms with E-state index in [2.05, 4.69) is 92.7 Å². The first-order chi connectivity index (χ1) is 25.2. The van der Waals surface area contributed by atoms with Crippen molar-refractivity contribution in [3.8, 4) is 0 Å². The molecule has 0 saturated carbocycles. The van der Waals surface area contributed by atoms with Crippen molar-refractivity contribution in [2.24, 2.45) is 0 Å². The molecule has 53 heavy (non-hydrogen) atoms. The number of unbranched alkanes of at least 4 members (excludes halogenated alkanes) is 11. The molecule has 0 spiro atoms. The summed E-state index contributed by atoms with van der Waals surface area (Å²) in [5.74, 6) is 0. The Bertz CT molecular complexity index is 1300. The molecule has 1 heterocycles. The minimum atomic E-state index is 0.